The van der Waals surface area contributed by atoms with Crippen molar-refractivity contribution in [2.24, 2.45) is 11.8 Å². The SMILES string of the molecule is O=C(CC1C2CCN(CC2)C12CC2)c1cc2cc(Cl)ccc2s1. The largest absolute Gasteiger partial charge is 0.297 e. The highest BCUT2D eigenvalue weighted by atomic mass is 35.5. The standard InChI is InChI=1S/C19H20ClNOS/c20-14-1-2-17-13(9-14)10-18(23-17)16(22)11-15-12-3-7-21(8-4-12)19(15)5-6-19/h1-2,9-10,12,15H,3-8,11H2. The van der Waals surface area contributed by atoms with Gasteiger partial charge >= 0.3 is 0 Å². The van der Waals surface area contributed by atoms with Crippen LogP contribution in [-0.4, -0.2) is 29.3 Å². The number of Topliss-reactive ketones (excluding diaryl/α,β-unsaturated/α-hetero) is 1. The number of ketones is 1. The van der Waals surface area contributed by atoms with Gasteiger partial charge < -0.3 is 0 Å². The summed E-state index contributed by atoms with van der Waals surface area (Å²) in [7, 11) is 0. The molecule has 1 aliphatic carbocycles. The predicted molar refractivity (Wildman–Crippen MR) is 95.5 cm³/mol. The summed E-state index contributed by atoms with van der Waals surface area (Å²) in [4.78, 5) is 16.5. The topological polar surface area (TPSA) is 20.3 Å². The van der Waals surface area contributed by atoms with E-state index in [-0.39, 0.29) is 0 Å². The Morgan fingerprint density at radius 2 is 2.04 bits per heavy atom. The van der Waals surface area contributed by atoms with E-state index < -0.39 is 0 Å². The average Bonchev–Trinajstić information content (AvgIpc) is 3.22. The lowest BCUT2D eigenvalue weighted by molar-refractivity contribution is -0.0273. The average molecular weight is 346 g/mol. The smallest absolute Gasteiger partial charge is 0.173 e. The first-order valence-corrected chi connectivity index (χ1v) is 9.82. The molecular weight excluding hydrogens is 326 g/mol. The molecule has 1 atom stereocenters. The van der Waals surface area contributed by atoms with Gasteiger partial charge in [-0.1, -0.05) is 11.6 Å². The normalized spacial score (nSPS) is 30.9. The first-order chi connectivity index (χ1) is 11.2. The van der Waals surface area contributed by atoms with Gasteiger partial charge in [0.15, 0.2) is 5.78 Å². The van der Waals surface area contributed by atoms with E-state index in [0.717, 1.165) is 32.3 Å². The van der Waals surface area contributed by atoms with Gasteiger partial charge in [-0.05, 0) is 80.3 Å². The lowest BCUT2D eigenvalue weighted by Crippen LogP contribution is -2.57. The summed E-state index contributed by atoms with van der Waals surface area (Å²) in [6, 6.07) is 7.92. The molecule has 4 heteroatoms. The second-order valence-corrected chi connectivity index (χ2v) is 8.97. The third-order valence-corrected chi connectivity index (χ3v) is 7.74. The number of carbonyl (C=O) groups excluding carboxylic acids is 1. The summed E-state index contributed by atoms with van der Waals surface area (Å²) >= 11 is 7.69. The van der Waals surface area contributed by atoms with Crippen LogP contribution in [0.5, 0.6) is 0 Å². The highest BCUT2D eigenvalue weighted by Crippen LogP contribution is 2.58. The van der Waals surface area contributed by atoms with Crippen LogP contribution in [0, 0.1) is 11.8 Å². The third kappa shape index (κ3) is 2.20. The van der Waals surface area contributed by atoms with E-state index in [0.29, 0.717) is 17.2 Å². The van der Waals surface area contributed by atoms with Crippen LogP contribution in [0.4, 0.5) is 0 Å². The van der Waals surface area contributed by atoms with Gasteiger partial charge in [-0.15, -0.1) is 11.3 Å². The fraction of sp³-hybridized carbons (Fsp3) is 0.526. The summed E-state index contributed by atoms with van der Waals surface area (Å²) < 4.78 is 1.16. The lowest BCUT2D eigenvalue weighted by atomic mass is 9.70. The zero-order chi connectivity index (χ0) is 15.6. The molecule has 1 aromatic heterocycles. The van der Waals surface area contributed by atoms with E-state index in [1.54, 1.807) is 11.3 Å². The number of halogens is 1. The van der Waals surface area contributed by atoms with Crippen molar-refractivity contribution in [2.45, 2.75) is 37.6 Å². The second kappa shape index (κ2) is 5.05. The van der Waals surface area contributed by atoms with Crippen LogP contribution in [0.25, 0.3) is 10.1 Å². The van der Waals surface area contributed by atoms with Crippen molar-refractivity contribution >= 4 is 38.8 Å². The molecule has 4 fully saturated rings. The van der Waals surface area contributed by atoms with Crippen molar-refractivity contribution in [3.63, 3.8) is 0 Å². The van der Waals surface area contributed by atoms with E-state index >= 15 is 0 Å². The first-order valence-electron chi connectivity index (χ1n) is 8.63. The minimum atomic E-state index is 0.340. The van der Waals surface area contributed by atoms with E-state index in [1.807, 2.05) is 24.3 Å². The Morgan fingerprint density at radius 1 is 1.26 bits per heavy atom. The molecule has 23 heavy (non-hydrogen) atoms. The number of rotatable bonds is 3. The summed E-state index contributed by atoms with van der Waals surface area (Å²) in [6.45, 7) is 2.52. The Bertz CT molecular complexity index is 786. The summed E-state index contributed by atoms with van der Waals surface area (Å²) in [6.07, 6.45) is 5.94. The van der Waals surface area contributed by atoms with Gasteiger partial charge in [0.1, 0.15) is 0 Å². The number of thiophene rings is 1. The predicted octanol–water partition coefficient (Wildman–Crippen LogP) is 5.00. The molecule has 1 spiro atoms. The fourth-order valence-corrected chi connectivity index (χ4v) is 6.22. The Hall–Kier alpha value is -0.900. The number of piperidine rings is 3. The molecule has 4 aliphatic rings. The molecule has 0 radical (unpaired) electrons. The maximum absolute atomic E-state index is 12.9. The van der Waals surface area contributed by atoms with Gasteiger partial charge in [-0.3, -0.25) is 9.69 Å². The number of fused-ring (bicyclic) bond motifs is 3. The number of carbonyl (C=O) groups is 1. The van der Waals surface area contributed by atoms with E-state index in [1.165, 1.54) is 38.8 Å². The van der Waals surface area contributed by atoms with Crippen LogP contribution < -0.4 is 0 Å². The van der Waals surface area contributed by atoms with Crippen molar-refractivity contribution < 1.29 is 4.79 Å². The zero-order valence-corrected chi connectivity index (χ0v) is 14.6. The zero-order valence-electron chi connectivity index (χ0n) is 13.1. The van der Waals surface area contributed by atoms with Crippen molar-refractivity contribution in [3.05, 3.63) is 34.2 Å². The Balaban J connectivity index is 1.42. The molecule has 1 unspecified atom stereocenters. The highest BCUT2D eigenvalue weighted by molar-refractivity contribution is 7.20. The van der Waals surface area contributed by atoms with Gasteiger partial charge in [0.25, 0.3) is 0 Å². The maximum Gasteiger partial charge on any atom is 0.173 e. The number of nitrogens with zero attached hydrogens (tertiary/aromatic N) is 1. The summed E-state index contributed by atoms with van der Waals surface area (Å²) in [5.41, 5.74) is 0.400. The van der Waals surface area contributed by atoms with Crippen molar-refractivity contribution in [2.75, 3.05) is 13.1 Å². The van der Waals surface area contributed by atoms with E-state index in [4.69, 9.17) is 11.6 Å². The van der Waals surface area contributed by atoms with Crippen LogP contribution in [0.15, 0.2) is 24.3 Å². The van der Waals surface area contributed by atoms with Gasteiger partial charge in [-0.2, -0.15) is 0 Å². The minimum absolute atomic E-state index is 0.340. The Labute approximate surface area is 145 Å². The molecule has 2 bridgehead atoms. The molecule has 1 aromatic carbocycles. The van der Waals surface area contributed by atoms with Crippen molar-refractivity contribution in [1.82, 2.24) is 4.90 Å². The number of hydrogen-bond donors (Lipinski definition) is 0. The summed E-state index contributed by atoms with van der Waals surface area (Å²) in [5, 5.41) is 1.84. The molecule has 3 aliphatic heterocycles. The monoisotopic (exact) mass is 345 g/mol. The van der Waals surface area contributed by atoms with Crippen molar-refractivity contribution in [1.29, 1.82) is 0 Å². The van der Waals surface area contributed by atoms with E-state index in [9.17, 15) is 4.79 Å². The molecule has 1 saturated carbocycles. The Morgan fingerprint density at radius 3 is 2.78 bits per heavy atom. The van der Waals surface area contributed by atoms with Crippen LogP contribution in [0.2, 0.25) is 5.02 Å². The van der Waals surface area contributed by atoms with Gasteiger partial charge in [-0.25, -0.2) is 0 Å². The molecule has 6 rings (SSSR count). The number of hydrogen-bond acceptors (Lipinski definition) is 3. The molecule has 4 heterocycles. The van der Waals surface area contributed by atoms with Gasteiger partial charge in [0.05, 0.1) is 4.88 Å². The van der Waals surface area contributed by atoms with Crippen LogP contribution in [0.3, 0.4) is 0 Å². The summed E-state index contributed by atoms with van der Waals surface area (Å²) in [5.74, 6) is 1.70. The van der Waals surface area contributed by atoms with Crippen LogP contribution >= 0.6 is 22.9 Å². The minimum Gasteiger partial charge on any atom is -0.297 e. The highest BCUT2D eigenvalue weighted by Gasteiger charge is 2.60. The molecule has 2 nitrogen and oxygen atoms in total. The molecule has 2 aromatic rings. The van der Waals surface area contributed by atoms with Gasteiger partial charge in [0.2, 0.25) is 0 Å². The lowest BCUT2D eigenvalue weighted by Gasteiger charge is -2.52. The quantitative estimate of drug-likeness (QED) is 0.729. The van der Waals surface area contributed by atoms with Crippen LogP contribution in [-0.2, 0) is 0 Å². The maximum atomic E-state index is 12.9. The fourth-order valence-electron chi connectivity index (χ4n) is 5.04. The second-order valence-electron chi connectivity index (χ2n) is 7.45. The van der Waals surface area contributed by atoms with E-state index in [2.05, 4.69) is 4.90 Å². The third-order valence-electron chi connectivity index (χ3n) is 6.35. The first kappa shape index (κ1) is 14.4. The molecule has 0 amide bonds. The van der Waals surface area contributed by atoms with Gasteiger partial charge in [0, 0.05) is 21.7 Å². The number of benzene rings is 1. The molecule has 120 valence electrons. The Kier molecular flexibility index (Phi) is 3.17. The molecular formula is C19H20ClNOS. The molecule has 3 saturated heterocycles. The van der Waals surface area contributed by atoms with Crippen molar-refractivity contribution in [3.8, 4) is 0 Å². The van der Waals surface area contributed by atoms with Crippen LogP contribution in [0.1, 0.15) is 41.8 Å². The molecule has 0 N–H and O–H groups in total.